The Morgan fingerprint density at radius 3 is 1.85 bits per heavy atom. The molecule has 0 aliphatic heterocycles. The predicted octanol–water partition coefficient (Wildman–Crippen LogP) is 2.96. The summed E-state index contributed by atoms with van der Waals surface area (Å²) in [4.78, 5) is 52.2. The number of pyridine rings is 1. The number of anilines is 5. The van der Waals surface area contributed by atoms with Gasteiger partial charge in [-0.15, -0.1) is 12.6 Å². The van der Waals surface area contributed by atoms with Crippen molar-refractivity contribution in [3.05, 3.63) is 99.3 Å². The van der Waals surface area contributed by atoms with Gasteiger partial charge in [-0.3, -0.25) is 32.6 Å². The van der Waals surface area contributed by atoms with E-state index in [4.69, 9.17) is 0 Å². The van der Waals surface area contributed by atoms with Gasteiger partial charge in [0.25, 0.3) is 46.0 Å². The molecule has 7 rings (SSSR count). The zero-order valence-corrected chi connectivity index (χ0v) is 33.7. The number of aromatic amines is 1. The van der Waals surface area contributed by atoms with Crippen molar-refractivity contribution >= 4 is 105 Å². The second kappa shape index (κ2) is 14.5. The number of ketones is 2. The van der Waals surface area contributed by atoms with Crippen molar-refractivity contribution in [3.63, 3.8) is 0 Å². The highest BCUT2D eigenvalue weighted by Crippen LogP contribution is 2.46. The monoisotopic (exact) mass is 917 g/mol. The van der Waals surface area contributed by atoms with E-state index in [9.17, 15) is 66.3 Å². The highest BCUT2D eigenvalue weighted by atomic mass is 32.2. The van der Waals surface area contributed by atoms with Gasteiger partial charge in [0.15, 0.2) is 16.7 Å². The number of carbonyl (C=O) groups is 2. The third kappa shape index (κ3) is 7.59. The lowest BCUT2D eigenvalue weighted by Crippen LogP contribution is -2.25. The van der Waals surface area contributed by atoms with Crippen LogP contribution >= 0.6 is 12.6 Å². The fourth-order valence-corrected chi connectivity index (χ4v) is 9.21. The van der Waals surface area contributed by atoms with E-state index < -0.39 is 133 Å². The van der Waals surface area contributed by atoms with Gasteiger partial charge in [0, 0.05) is 29.1 Å². The second-order valence-corrected chi connectivity index (χ2v) is 18.5. The zero-order chi connectivity index (χ0) is 43.9. The number of benzene rings is 4. The van der Waals surface area contributed by atoms with Crippen LogP contribution in [0.3, 0.4) is 0 Å². The summed E-state index contributed by atoms with van der Waals surface area (Å²) in [5.74, 6) is -2.65. The number of carbonyl (C=O) groups excluding carboxylic acids is 2. The molecule has 27 heteroatoms. The molecule has 0 spiro atoms. The fraction of sp³-hybridized carbons (Fsp3) is 0.0303. The minimum Gasteiger partial charge on any atom is -0.357 e. The standard InChI is InChI=1S/C33H23N7O15S5/c1-34-31-38-32(40-33(56)39-31)36-18-10-17(20(58(47,48)49)12-21(18)59(50,51)52)35-19-11-22(60(53,54)55)27-25-23(15-7-2-3-8-16(15)29(42)24(19)25)26(30(43)37-27)28(41)13-5-4-6-14(9-13)57(44,45)46/h2-12,35H,1H3,(H,37,43)(H,44,45,46)(H,47,48,49)(H,50,51,52)(H,53,54,55)(H3,34,36,38,39,40,56). The Kier molecular flexibility index (Phi) is 10.2. The Labute approximate surface area is 342 Å². The first-order valence-electron chi connectivity index (χ1n) is 16.2. The third-order valence-electron chi connectivity index (χ3n) is 8.82. The molecule has 2 heterocycles. The van der Waals surface area contributed by atoms with Crippen LogP contribution in [0.4, 0.5) is 29.0 Å². The van der Waals surface area contributed by atoms with Gasteiger partial charge in [-0.2, -0.15) is 48.6 Å². The molecule has 0 amide bonds. The van der Waals surface area contributed by atoms with Gasteiger partial charge in [-0.1, -0.05) is 36.4 Å². The summed E-state index contributed by atoms with van der Waals surface area (Å²) in [6.45, 7) is 0. The number of nitrogens with one attached hydrogen (secondary N) is 4. The van der Waals surface area contributed by atoms with E-state index in [0.717, 1.165) is 24.3 Å². The highest BCUT2D eigenvalue weighted by Gasteiger charge is 2.37. The van der Waals surface area contributed by atoms with Crippen molar-refractivity contribution in [2.45, 2.75) is 24.7 Å². The molecule has 6 aromatic rings. The van der Waals surface area contributed by atoms with E-state index in [1.807, 2.05) is 0 Å². The number of hydrogen-bond donors (Lipinski definition) is 9. The van der Waals surface area contributed by atoms with Gasteiger partial charge < -0.3 is 20.9 Å². The summed E-state index contributed by atoms with van der Waals surface area (Å²) in [5, 5.41) is 6.80. The molecule has 0 radical (unpaired) electrons. The Morgan fingerprint density at radius 2 is 1.25 bits per heavy atom. The van der Waals surface area contributed by atoms with Crippen LogP contribution in [0.1, 0.15) is 31.8 Å². The zero-order valence-electron chi connectivity index (χ0n) is 29.6. The topological polar surface area (TPSA) is 359 Å². The Balaban J connectivity index is 1.58. The van der Waals surface area contributed by atoms with Crippen molar-refractivity contribution < 1.29 is 61.5 Å². The van der Waals surface area contributed by atoms with Crippen LogP contribution in [0.15, 0.2) is 96.3 Å². The van der Waals surface area contributed by atoms with Gasteiger partial charge in [0.2, 0.25) is 11.9 Å². The van der Waals surface area contributed by atoms with Crippen molar-refractivity contribution in [3.8, 4) is 11.1 Å². The summed E-state index contributed by atoms with van der Waals surface area (Å²) >= 11 is 4.04. The molecule has 8 N–H and O–H groups in total. The number of nitrogens with zero attached hydrogens (tertiary/aromatic N) is 3. The van der Waals surface area contributed by atoms with Crippen LogP contribution in [0, 0.1) is 0 Å². The molecule has 4 aromatic carbocycles. The number of aromatic nitrogens is 4. The summed E-state index contributed by atoms with van der Waals surface area (Å²) in [7, 11) is -19.8. The van der Waals surface area contributed by atoms with E-state index in [-0.39, 0.29) is 22.2 Å². The number of H-pyrrole nitrogens is 1. The molecule has 0 bridgehead atoms. The average Bonchev–Trinajstić information content (AvgIpc) is 3.14. The molecule has 2 aromatic heterocycles. The van der Waals surface area contributed by atoms with Crippen molar-refractivity contribution in [1.82, 2.24) is 19.9 Å². The minimum absolute atomic E-state index is 0.0940. The number of fused-ring (bicyclic) bond motifs is 2. The van der Waals surface area contributed by atoms with Gasteiger partial charge in [0.1, 0.15) is 14.7 Å². The summed E-state index contributed by atoms with van der Waals surface area (Å²) in [6, 6.07) is 10.8. The molecule has 0 atom stereocenters. The van der Waals surface area contributed by atoms with Crippen LogP contribution < -0.4 is 21.5 Å². The molecule has 22 nitrogen and oxygen atoms in total. The Hall–Kier alpha value is -6.17. The van der Waals surface area contributed by atoms with Crippen LogP contribution in [0.2, 0.25) is 0 Å². The van der Waals surface area contributed by atoms with E-state index in [2.05, 4.69) is 48.5 Å². The lowest BCUT2D eigenvalue weighted by molar-refractivity contribution is 0.102. The van der Waals surface area contributed by atoms with Gasteiger partial charge in [-0.05, 0) is 35.9 Å². The van der Waals surface area contributed by atoms with E-state index in [0.29, 0.717) is 18.2 Å². The van der Waals surface area contributed by atoms with Crippen LogP contribution in [-0.4, -0.2) is 90.4 Å². The van der Waals surface area contributed by atoms with Gasteiger partial charge in [-0.25, -0.2) is 0 Å². The molecule has 60 heavy (non-hydrogen) atoms. The molecular weight excluding hydrogens is 895 g/mol. The lowest BCUT2D eigenvalue weighted by Gasteiger charge is -2.25. The smallest absolute Gasteiger partial charge is 0.296 e. The summed E-state index contributed by atoms with van der Waals surface area (Å²) in [5.41, 5.74) is -6.74. The van der Waals surface area contributed by atoms with Crippen LogP contribution in [0.25, 0.3) is 22.0 Å². The number of hydrogen-bond acceptors (Lipinski definition) is 18. The van der Waals surface area contributed by atoms with Crippen LogP contribution in [0.5, 0.6) is 0 Å². The molecular formula is C33H23N7O15S5. The second-order valence-electron chi connectivity index (χ2n) is 12.5. The normalized spacial score (nSPS) is 12.9. The first-order chi connectivity index (χ1) is 27.9. The minimum atomic E-state index is -5.50. The number of thiol groups is 1. The molecule has 0 fully saturated rings. The summed E-state index contributed by atoms with van der Waals surface area (Å²) < 4.78 is 141. The summed E-state index contributed by atoms with van der Waals surface area (Å²) in [6.07, 6.45) is 0. The molecule has 1 aliphatic rings. The van der Waals surface area contributed by atoms with Crippen molar-refractivity contribution in [2.75, 3.05) is 23.0 Å². The Bertz CT molecular complexity index is 3450. The quantitative estimate of drug-likeness (QED) is 0.0511. The van der Waals surface area contributed by atoms with Crippen molar-refractivity contribution in [2.24, 2.45) is 0 Å². The number of rotatable bonds is 11. The van der Waals surface area contributed by atoms with E-state index in [1.165, 1.54) is 31.3 Å². The molecule has 0 saturated carbocycles. The van der Waals surface area contributed by atoms with Gasteiger partial charge in [0.05, 0.1) is 38.6 Å². The largest absolute Gasteiger partial charge is 0.357 e. The van der Waals surface area contributed by atoms with E-state index >= 15 is 0 Å². The van der Waals surface area contributed by atoms with Crippen LogP contribution in [-0.2, 0) is 40.5 Å². The average molecular weight is 918 g/mol. The maximum Gasteiger partial charge on any atom is 0.296 e. The maximum atomic E-state index is 14.5. The molecule has 310 valence electrons. The first kappa shape index (κ1) is 42.0. The third-order valence-corrected chi connectivity index (χ3v) is 12.5. The predicted molar refractivity (Wildman–Crippen MR) is 212 cm³/mol. The van der Waals surface area contributed by atoms with Gasteiger partial charge >= 0.3 is 0 Å². The highest BCUT2D eigenvalue weighted by molar-refractivity contribution is 7.87. The maximum absolute atomic E-state index is 14.5. The molecule has 1 aliphatic carbocycles. The molecule has 0 unspecified atom stereocenters. The molecule has 0 saturated heterocycles. The van der Waals surface area contributed by atoms with Crippen molar-refractivity contribution in [1.29, 1.82) is 0 Å². The lowest BCUT2D eigenvalue weighted by atomic mass is 9.80. The fourth-order valence-electron chi connectivity index (χ4n) is 6.43. The van der Waals surface area contributed by atoms with E-state index in [1.54, 1.807) is 0 Å². The first-order valence-corrected chi connectivity index (χ1v) is 22.4. The SMILES string of the molecule is CNc1nc(S)nc(Nc2cc(Nc3cc(S(=O)(=O)O)c4[nH]c(=O)c(C(=O)c5cccc(S(=O)(=O)O)c5)c5c4c3C(=O)c3ccccc3-5)c(S(=O)(=O)O)cc2S(=O)(=O)O)n1. The Morgan fingerprint density at radius 1 is 0.650 bits per heavy atom.